The number of carbonyl (C=O) groups excluding carboxylic acids is 2. The van der Waals surface area contributed by atoms with Crippen molar-refractivity contribution in [1.82, 2.24) is 14.8 Å². The molecule has 0 aliphatic carbocycles. The zero-order chi connectivity index (χ0) is 20.4. The van der Waals surface area contributed by atoms with E-state index >= 15 is 0 Å². The number of hydrogen-bond donors (Lipinski definition) is 0. The Hall–Kier alpha value is -3.09. The summed E-state index contributed by atoms with van der Waals surface area (Å²) in [7, 11) is 0. The van der Waals surface area contributed by atoms with Gasteiger partial charge in [-0.1, -0.05) is 18.2 Å². The highest BCUT2D eigenvalue weighted by Crippen LogP contribution is 2.37. The third-order valence-electron chi connectivity index (χ3n) is 5.54. The first kappa shape index (κ1) is 19.2. The molecular weight excluding hydrogens is 368 g/mol. The van der Waals surface area contributed by atoms with Crippen LogP contribution in [-0.2, 0) is 11.2 Å². The van der Waals surface area contributed by atoms with E-state index in [9.17, 15) is 9.59 Å². The van der Waals surface area contributed by atoms with Crippen LogP contribution in [0.4, 0.5) is 16.3 Å². The number of hydrogen-bond acceptors (Lipinski definition) is 5. The molecule has 2 aliphatic rings. The Morgan fingerprint density at radius 2 is 1.83 bits per heavy atom. The number of para-hydroxylation sites is 1. The maximum absolute atomic E-state index is 13.0. The quantitative estimate of drug-likeness (QED) is 0.800. The van der Waals surface area contributed by atoms with E-state index in [0.29, 0.717) is 44.4 Å². The van der Waals surface area contributed by atoms with Crippen LogP contribution in [0.5, 0.6) is 0 Å². The van der Waals surface area contributed by atoms with E-state index in [1.54, 1.807) is 29.0 Å². The molecule has 2 aliphatic heterocycles. The van der Waals surface area contributed by atoms with E-state index in [2.05, 4.69) is 35.0 Å². The molecule has 1 fully saturated rings. The molecule has 0 saturated carbocycles. The summed E-state index contributed by atoms with van der Waals surface area (Å²) in [6, 6.07) is 12.3. The Morgan fingerprint density at radius 3 is 2.59 bits per heavy atom. The molecule has 152 valence electrons. The number of piperazine rings is 1. The summed E-state index contributed by atoms with van der Waals surface area (Å²) in [5.74, 6) is 0.760. The fourth-order valence-electron chi connectivity index (χ4n) is 4.09. The topological polar surface area (TPSA) is 66.0 Å². The molecule has 1 unspecified atom stereocenters. The van der Waals surface area contributed by atoms with Gasteiger partial charge in [0.15, 0.2) is 0 Å². The summed E-state index contributed by atoms with van der Waals surface area (Å²) in [6.07, 6.45) is 2.35. The molecule has 1 aromatic carbocycles. The Bertz CT molecular complexity index is 908. The Balaban J connectivity index is 1.48. The second-order valence-corrected chi connectivity index (χ2v) is 7.43. The van der Waals surface area contributed by atoms with Crippen molar-refractivity contribution in [2.24, 2.45) is 0 Å². The molecule has 1 aromatic heterocycles. The Morgan fingerprint density at radius 1 is 1.10 bits per heavy atom. The van der Waals surface area contributed by atoms with Gasteiger partial charge in [0.05, 0.1) is 6.61 Å². The van der Waals surface area contributed by atoms with Crippen LogP contribution in [0, 0.1) is 0 Å². The molecule has 7 nitrogen and oxygen atoms in total. The summed E-state index contributed by atoms with van der Waals surface area (Å²) in [5, 5.41) is 0. The number of aromatic nitrogens is 1. The number of nitrogens with zero attached hydrogens (tertiary/aromatic N) is 4. The van der Waals surface area contributed by atoms with Crippen molar-refractivity contribution in [1.29, 1.82) is 0 Å². The number of pyridine rings is 1. The number of benzene rings is 1. The molecular formula is C22H26N4O3. The summed E-state index contributed by atoms with van der Waals surface area (Å²) in [6.45, 7) is 6.29. The van der Waals surface area contributed by atoms with Gasteiger partial charge in [0.2, 0.25) is 0 Å². The largest absolute Gasteiger partial charge is 0.450 e. The molecule has 0 bridgehead atoms. The van der Waals surface area contributed by atoms with E-state index in [1.807, 2.05) is 12.1 Å². The predicted molar refractivity (Wildman–Crippen MR) is 110 cm³/mol. The van der Waals surface area contributed by atoms with Crippen LogP contribution in [0.1, 0.15) is 29.8 Å². The molecule has 1 atom stereocenters. The Kier molecular flexibility index (Phi) is 5.38. The highest BCUT2D eigenvalue weighted by Gasteiger charge is 2.29. The molecule has 1 saturated heterocycles. The summed E-state index contributed by atoms with van der Waals surface area (Å²) >= 11 is 0. The predicted octanol–water partition coefficient (Wildman–Crippen LogP) is 3.08. The van der Waals surface area contributed by atoms with Gasteiger partial charge in [-0.15, -0.1) is 0 Å². The van der Waals surface area contributed by atoms with Crippen molar-refractivity contribution in [3.8, 4) is 0 Å². The minimum atomic E-state index is -0.313. The van der Waals surface area contributed by atoms with E-state index in [-0.39, 0.29) is 12.0 Å². The summed E-state index contributed by atoms with van der Waals surface area (Å²) in [5.41, 5.74) is 3.07. The van der Waals surface area contributed by atoms with Crippen LogP contribution in [-0.4, -0.2) is 65.6 Å². The lowest BCUT2D eigenvalue weighted by Gasteiger charge is -2.34. The average molecular weight is 394 g/mol. The summed E-state index contributed by atoms with van der Waals surface area (Å²) < 4.78 is 5.04. The Labute approximate surface area is 170 Å². The smallest absolute Gasteiger partial charge is 0.409 e. The maximum atomic E-state index is 13.0. The third kappa shape index (κ3) is 3.77. The lowest BCUT2D eigenvalue weighted by atomic mass is 10.1. The van der Waals surface area contributed by atoms with Crippen molar-refractivity contribution in [3.05, 3.63) is 53.7 Å². The number of carbonyl (C=O) groups is 2. The minimum absolute atomic E-state index is 0.0303. The van der Waals surface area contributed by atoms with Gasteiger partial charge in [0.1, 0.15) is 5.82 Å². The molecule has 3 heterocycles. The third-order valence-corrected chi connectivity index (χ3v) is 5.54. The fraction of sp³-hybridized carbons (Fsp3) is 0.409. The zero-order valence-corrected chi connectivity index (χ0v) is 16.9. The van der Waals surface area contributed by atoms with E-state index in [0.717, 1.165) is 17.9 Å². The van der Waals surface area contributed by atoms with Crippen LogP contribution in [0.2, 0.25) is 0 Å². The molecule has 0 radical (unpaired) electrons. The molecule has 2 amide bonds. The highest BCUT2D eigenvalue weighted by atomic mass is 16.6. The number of anilines is 2. The molecule has 0 spiro atoms. The van der Waals surface area contributed by atoms with Crippen molar-refractivity contribution in [3.63, 3.8) is 0 Å². The monoisotopic (exact) mass is 394 g/mol. The molecule has 0 N–H and O–H groups in total. The maximum Gasteiger partial charge on any atom is 0.409 e. The second kappa shape index (κ2) is 8.11. The first-order valence-corrected chi connectivity index (χ1v) is 10.1. The van der Waals surface area contributed by atoms with Crippen molar-refractivity contribution >= 4 is 23.5 Å². The molecule has 2 aromatic rings. The first-order chi connectivity index (χ1) is 14.1. The van der Waals surface area contributed by atoms with Crippen LogP contribution in [0.3, 0.4) is 0 Å². The number of ether oxygens (including phenoxy) is 1. The molecule has 4 rings (SSSR count). The van der Waals surface area contributed by atoms with Crippen molar-refractivity contribution in [2.75, 3.05) is 37.7 Å². The van der Waals surface area contributed by atoms with Gasteiger partial charge in [-0.3, -0.25) is 4.79 Å². The number of rotatable bonds is 3. The average Bonchev–Trinajstić information content (AvgIpc) is 3.09. The van der Waals surface area contributed by atoms with Gasteiger partial charge in [0.25, 0.3) is 5.91 Å². The molecule has 7 heteroatoms. The summed E-state index contributed by atoms with van der Waals surface area (Å²) in [4.78, 5) is 35.1. The van der Waals surface area contributed by atoms with E-state index in [4.69, 9.17) is 4.74 Å². The molecule has 29 heavy (non-hydrogen) atoms. The van der Waals surface area contributed by atoms with Gasteiger partial charge in [-0.05, 0) is 44.0 Å². The van der Waals surface area contributed by atoms with Crippen molar-refractivity contribution < 1.29 is 14.3 Å². The van der Waals surface area contributed by atoms with Crippen LogP contribution >= 0.6 is 0 Å². The van der Waals surface area contributed by atoms with Gasteiger partial charge >= 0.3 is 6.09 Å². The number of fused-ring (bicyclic) bond motifs is 1. The van der Waals surface area contributed by atoms with Gasteiger partial charge in [-0.25, -0.2) is 9.78 Å². The van der Waals surface area contributed by atoms with Crippen LogP contribution in [0.25, 0.3) is 0 Å². The van der Waals surface area contributed by atoms with Crippen LogP contribution < -0.4 is 4.90 Å². The van der Waals surface area contributed by atoms with Crippen molar-refractivity contribution in [2.45, 2.75) is 26.3 Å². The minimum Gasteiger partial charge on any atom is -0.450 e. The normalized spacial score (nSPS) is 18.6. The highest BCUT2D eigenvalue weighted by molar-refractivity contribution is 5.95. The van der Waals surface area contributed by atoms with E-state index < -0.39 is 0 Å². The van der Waals surface area contributed by atoms with E-state index in [1.165, 1.54) is 5.56 Å². The number of amides is 2. The van der Waals surface area contributed by atoms with Gasteiger partial charge < -0.3 is 19.4 Å². The lowest BCUT2D eigenvalue weighted by Crippen LogP contribution is -2.50. The lowest BCUT2D eigenvalue weighted by molar-refractivity contribution is 0.0570. The van der Waals surface area contributed by atoms with Gasteiger partial charge in [0, 0.05) is 49.7 Å². The fourth-order valence-corrected chi connectivity index (χ4v) is 4.09. The van der Waals surface area contributed by atoms with Crippen LogP contribution in [0.15, 0.2) is 42.6 Å². The second-order valence-electron chi connectivity index (χ2n) is 7.43. The first-order valence-electron chi connectivity index (χ1n) is 10.1. The zero-order valence-electron chi connectivity index (χ0n) is 16.9. The SMILES string of the molecule is CCOC(=O)N1CCN(C(=O)c2ccnc(N3c4ccccc4CC3C)c2)CC1. The standard InChI is InChI=1S/C22H26N4O3/c1-3-29-22(28)25-12-10-24(11-13-25)21(27)18-8-9-23-20(15-18)26-16(2)14-17-6-4-5-7-19(17)26/h4-9,15-16H,3,10-14H2,1-2H3. The van der Waals surface area contributed by atoms with Gasteiger partial charge in [-0.2, -0.15) is 0 Å².